The molecule has 0 radical (unpaired) electrons. The van der Waals surface area contributed by atoms with Crippen LogP contribution in [-0.4, -0.2) is 6.10 Å². The molecule has 0 fully saturated rings. The van der Waals surface area contributed by atoms with E-state index in [0.717, 1.165) is 6.07 Å². The number of hydrogen-bond acceptors (Lipinski definition) is 1. The van der Waals surface area contributed by atoms with Crippen molar-refractivity contribution in [2.75, 3.05) is 0 Å². The van der Waals surface area contributed by atoms with Crippen LogP contribution >= 0.6 is 15.9 Å². The number of rotatable bonds is 2. The van der Waals surface area contributed by atoms with Gasteiger partial charge in [0.1, 0.15) is 0 Å². The first-order chi connectivity index (χ1) is 7.21. The molecule has 1 aromatic rings. The average Bonchev–Trinajstić information content (AvgIpc) is 2.06. The van der Waals surface area contributed by atoms with E-state index in [4.69, 9.17) is 4.74 Å². The average molecular weight is 301 g/mol. The lowest BCUT2D eigenvalue weighted by Gasteiger charge is -2.14. The van der Waals surface area contributed by atoms with Crippen LogP contribution in [0, 0.1) is 5.82 Å². The Hall–Kier alpha value is -0.780. The van der Waals surface area contributed by atoms with E-state index in [1.807, 2.05) is 0 Å². The van der Waals surface area contributed by atoms with Crippen molar-refractivity contribution in [3.8, 4) is 5.75 Å². The highest BCUT2D eigenvalue weighted by molar-refractivity contribution is 9.10. The zero-order valence-electron chi connectivity index (χ0n) is 8.53. The number of benzene rings is 1. The summed E-state index contributed by atoms with van der Waals surface area (Å²) in [5.41, 5.74) is -0.954. The van der Waals surface area contributed by atoms with Crippen molar-refractivity contribution < 1.29 is 22.3 Å². The maximum Gasteiger partial charge on any atom is 0.417 e. The number of alkyl halides is 3. The third-order valence-corrected chi connectivity index (χ3v) is 2.35. The molecule has 1 rings (SSSR count). The Kier molecular flexibility index (Phi) is 3.83. The molecular formula is C10H9BrF4O. The zero-order valence-corrected chi connectivity index (χ0v) is 10.1. The Morgan fingerprint density at radius 1 is 1.25 bits per heavy atom. The highest BCUT2D eigenvalue weighted by Crippen LogP contribution is 2.38. The van der Waals surface area contributed by atoms with Crippen LogP contribution < -0.4 is 4.74 Å². The number of halogens is 5. The van der Waals surface area contributed by atoms with Gasteiger partial charge in [0.05, 0.1) is 11.7 Å². The summed E-state index contributed by atoms with van der Waals surface area (Å²) in [5.74, 6) is -1.22. The smallest absolute Gasteiger partial charge is 0.417 e. The quantitative estimate of drug-likeness (QED) is 0.736. The molecule has 0 aliphatic heterocycles. The van der Waals surface area contributed by atoms with Crippen molar-refractivity contribution in [2.24, 2.45) is 0 Å². The van der Waals surface area contributed by atoms with Crippen LogP contribution in [0.15, 0.2) is 16.6 Å². The predicted molar refractivity (Wildman–Crippen MR) is 54.9 cm³/mol. The van der Waals surface area contributed by atoms with Crippen LogP contribution in [0.25, 0.3) is 0 Å². The lowest BCUT2D eigenvalue weighted by atomic mass is 10.2. The van der Waals surface area contributed by atoms with Gasteiger partial charge in [-0.25, -0.2) is 4.39 Å². The molecule has 0 aliphatic carbocycles. The van der Waals surface area contributed by atoms with Crippen LogP contribution in [0.4, 0.5) is 17.6 Å². The van der Waals surface area contributed by atoms with Crippen LogP contribution in [0.3, 0.4) is 0 Å². The van der Waals surface area contributed by atoms with Crippen molar-refractivity contribution in [1.29, 1.82) is 0 Å². The largest absolute Gasteiger partial charge is 0.488 e. The summed E-state index contributed by atoms with van der Waals surface area (Å²) in [7, 11) is 0. The summed E-state index contributed by atoms with van der Waals surface area (Å²) in [5, 5.41) is 0. The van der Waals surface area contributed by atoms with Gasteiger partial charge in [-0.05, 0) is 26.0 Å². The Balaban J connectivity index is 3.22. The summed E-state index contributed by atoms with van der Waals surface area (Å²) in [6, 6.07) is 1.40. The molecular weight excluding hydrogens is 292 g/mol. The van der Waals surface area contributed by atoms with E-state index in [0.29, 0.717) is 6.07 Å². The van der Waals surface area contributed by atoms with E-state index in [9.17, 15) is 17.6 Å². The van der Waals surface area contributed by atoms with Crippen molar-refractivity contribution in [3.05, 3.63) is 28.0 Å². The fourth-order valence-electron chi connectivity index (χ4n) is 1.09. The normalized spacial score (nSPS) is 12.0. The summed E-state index contributed by atoms with van der Waals surface area (Å²) in [6.45, 7) is 3.21. The highest BCUT2D eigenvalue weighted by Gasteiger charge is 2.34. The third-order valence-electron chi connectivity index (χ3n) is 1.69. The van der Waals surface area contributed by atoms with Crippen molar-refractivity contribution >= 4 is 15.9 Å². The van der Waals surface area contributed by atoms with Crippen molar-refractivity contribution in [2.45, 2.75) is 26.1 Å². The Morgan fingerprint density at radius 2 is 1.81 bits per heavy atom. The molecule has 0 amide bonds. The molecule has 0 saturated heterocycles. The Morgan fingerprint density at radius 3 is 2.25 bits per heavy atom. The van der Waals surface area contributed by atoms with E-state index in [1.54, 1.807) is 13.8 Å². The summed E-state index contributed by atoms with van der Waals surface area (Å²) >= 11 is 2.67. The molecule has 1 aromatic carbocycles. The van der Waals surface area contributed by atoms with Crippen LogP contribution in [0.5, 0.6) is 5.75 Å². The molecule has 0 unspecified atom stereocenters. The molecule has 6 heteroatoms. The maximum atomic E-state index is 13.3. The van der Waals surface area contributed by atoms with Gasteiger partial charge in [0, 0.05) is 4.47 Å². The molecule has 0 aromatic heterocycles. The number of ether oxygens (including phenoxy) is 1. The van der Waals surface area contributed by atoms with E-state index >= 15 is 0 Å². The second-order valence-corrected chi connectivity index (χ2v) is 4.28. The zero-order chi connectivity index (χ0) is 12.5. The van der Waals surface area contributed by atoms with Gasteiger partial charge in [-0.15, -0.1) is 0 Å². The van der Waals surface area contributed by atoms with E-state index < -0.39 is 29.4 Å². The Labute approximate surface area is 98.5 Å². The summed E-state index contributed by atoms with van der Waals surface area (Å²) < 4.78 is 55.3. The second-order valence-electron chi connectivity index (χ2n) is 3.43. The van der Waals surface area contributed by atoms with Gasteiger partial charge in [0.25, 0.3) is 0 Å². The monoisotopic (exact) mass is 300 g/mol. The van der Waals surface area contributed by atoms with E-state index in [1.165, 1.54) is 0 Å². The predicted octanol–water partition coefficient (Wildman–Crippen LogP) is 4.39. The lowest BCUT2D eigenvalue weighted by molar-refractivity contribution is -0.138. The minimum atomic E-state index is -4.54. The van der Waals surface area contributed by atoms with Crippen LogP contribution in [0.1, 0.15) is 19.4 Å². The maximum absolute atomic E-state index is 13.3. The molecule has 16 heavy (non-hydrogen) atoms. The molecule has 0 N–H and O–H groups in total. The lowest BCUT2D eigenvalue weighted by Crippen LogP contribution is -2.11. The second kappa shape index (κ2) is 4.61. The molecule has 0 bridgehead atoms. The Bertz CT molecular complexity index is 387. The SMILES string of the molecule is CC(C)Oc1cc(C(F)(F)F)c(Br)cc1F. The van der Waals surface area contributed by atoms with Gasteiger partial charge in [-0.3, -0.25) is 0 Å². The third kappa shape index (κ3) is 3.10. The summed E-state index contributed by atoms with van der Waals surface area (Å²) in [6.07, 6.45) is -4.93. The summed E-state index contributed by atoms with van der Waals surface area (Å²) in [4.78, 5) is 0. The van der Waals surface area contributed by atoms with Gasteiger partial charge in [0.2, 0.25) is 0 Å². The topological polar surface area (TPSA) is 9.23 Å². The van der Waals surface area contributed by atoms with E-state index in [-0.39, 0.29) is 4.47 Å². The number of hydrogen-bond donors (Lipinski definition) is 0. The molecule has 0 saturated carbocycles. The van der Waals surface area contributed by atoms with Gasteiger partial charge in [-0.1, -0.05) is 15.9 Å². The standard InChI is InChI=1S/C10H9BrF4O/c1-5(2)16-9-3-6(10(13,14)15)7(11)4-8(9)12/h3-5H,1-2H3. The fourth-order valence-corrected chi connectivity index (χ4v) is 1.63. The van der Waals surface area contributed by atoms with E-state index in [2.05, 4.69) is 15.9 Å². The van der Waals surface area contributed by atoms with Crippen LogP contribution in [0.2, 0.25) is 0 Å². The molecule has 90 valence electrons. The molecule has 0 spiro atoms. The minimum absolute atomic E-state index is 0.339. The fraction of sp³-hybridized carbons (Fsp3) is 0.400. The first-order valence-electron chi connectivity index (χ1n) is 4.44. The first kappa shape index (κ1) is 13.3. The van der Waals surface area contributed by atoms with Gasteiger partial charge in [0.15, 0.2) is 11.6 Å². The molecule has 0 atom stereocenters. The van der Waals surface area contributed by atoms with Crippen molar-refractivity contribution in [3.63, 3.8) is 0 Å². The molecule has 0 aliphatic rings. The van der Waals surface area contributed by atoms with Crippen molar-refractivity contribution in [1.82, 2.24) is 0 Å². The highest BCUT2D eigenvalue weighted by atomic mass is 79.9. The first-order valence-corrected chi connectivity index (χ1v) is 5.24. The molecule has 1 nitrogen and oxygen atoms in total. The van der Waals surface area contributed by atoms with Gasteiger partial charge in [-0.2, -0.15) is 13.2 Å². The van der Waals surface area contributed by atoms with Gasteiger partial charge < -0.3 is 4.74 Å². The van der Waals surface area contributed by atoms with Gasteiger partial charge >= 0.3 is 6.18 Å². The molecule has 0 heterocycles. The van der Waals surface area contributed by atoms with Crippen LogP contribution in [-0.2, 0) is 6.18 Å². The minimum Gasteiger partial charge on any atom is -0.488 e.